The summed E-state index contributed by atoms with van der Waals surface area (Å²) in [7, 11) is 0. The number of aliphatic hydroxyl groups is 1. The molecule has 1 aliphatic rings. The van der Waals surface area contributed by atoms with E-state index in [1.807, 2.05) is 12.1 Å². The molecule has 1 N–H and O–H groups in total. The number of pyridine rings is 1. The molecule has 0 amide bonds. The van der Waals surface area contributed by atoms with E-state index in [1.165, 1.54) is 0 Å². The molecule has 1 saturated heterocycles. The first-order chi connectivity index (χ1) is 7.68. The van der Waals surface area contributed by atoms with E-state index in [0.717, 1.165) is 31.1 Å². The summed E-state index contributed by atoms with van der Waals surface area (Å²) in [6, 6.07) is 3.78. The maximum atomic E-state index is 9.70. The third-order valence-corrected chi connectivity index (χ3v) is 2.81. The molecule has 1 aromatic heterocycles. The predicted octanol–water partition coefficient (Wildman–Crippen LogP) is 1.36. The lowest BCUT2D eigenvalue weighted by atomic mass is 10.1. The Hall–Kier alpha value is -1.13. The highest BCUT2D eigenvalue weighted by atomic mass is 16.5. The minimum Gasteiger partial charge on any atom is -0.389 e. The highest BCUT2D eigenvalue weighted by molar-refractivity contribution is 5.48. The molecule has 2 atom stereocenters. The van der Waals surface area contributed by atoms with E-state index in [9.17, 15) is 5.11 Å². The zero-order chi connectivity index (χ0) is 11.5. The fourth-order valence-corrected chi connectivity index (χ4v) is 2.01. The molecule has 2 heterocycles. The third-order valence-electron chi connectivity index (χ3n) is 2.81. The van der Waals surface area contributed by atoms with E-state index in [1.54, 1.807) is 13.1 Å². The average molecular weight is 222 g/mol. The van der Waals surface area contributed by atoms with Crippen molar-refractivity contribution in [2.24, 2.45) is 0 Å². The van der Waals surface area contributed by atoms with Gasteiger partial charge in [0.15, 0.2) is 0 Å². The fraction of sp³-hybridized carbons (Fsp3) is 0.583. The number of rotatable bonds is 2. The molecule has 2 unspecified atom stereocenters. The monoisotopic (exact) mass is 222 g/mol. The van der Waals surface area contributed by atoms with Gasteiger partial charge in [-0.25, -0.2) is 4.98 Å². The topological polar surface area (TPSA) is 45.6 Å². The molecular weight excluding hydrogens is 204 g/mol. The van der Waals surface area contributed by atoms with Crippen molar-refractivity contribution in [2.75, 3.05) is 24.6 Å². The Labute approximate surface area is 95.9 Å². The number of hydrogen-bond acceptors (Lipinski definition) is 4. The molecule has 0 saturated carbocycles. The van der Waals surface area contributed by atoms with Gasteiger partial charge in [-0.2, -0.15) is 0 Å². The number of hydrogen-bond donors (Lipinski definition) is 1. The summed E-state index contributed by atoms with van der Waals surface area (Å²) in [6.07, 6.45) is 1.50. The second-order valence-electron chi connectivity index (χ2n) is 4.22. The Bertz CT molecular complexity index is 355. The van der Waals surface area contributed by atoms with Crippen LogP contribution in [-0.2, 0) is 4.74 Å². The normalized spacial score (nSPS) is 23.2. The van der Waals surface area contributed by atoms with Gasteiger partial charge in [0.1, 0.15) is 5.82 Å². The maximum absolute atomic E-state index is 9.70. The van der Waals surface area contributed by atoms with Crippen LogP contribution in [0.25, 0.3) is 0 Å². The number of ether oxygens (including phenoxy) is 1. The molecule has 0 aliphatic carbocycles. The maximum Gasteiger partial charge on any atom is 0.134 e. The van der Waals surface area contributed by atoms with Gasteiger partial charge < -0.3 is 14.7 Å². The van der Waals surface area contributed by atoms with Crippen LogP contribution in [0.3, 0.4) is 0 Å². The first-order valence-electron chi connectivity index (χ1n) is 5.68. The summed E-state index contributed by atoms with van der Waals surface area (Å²) in [5.74, 6) is 0.882. The van der Waals surface area contributed by atoms with Crippen molar-refractivity contribution < 1.29 is 9.84 Å². The predicted molar refractivity (Wildman–Crippen MR) is 62.5 cm³/mol. The van der Waals surface area contributed by atoms with Crippen LogP contribution in [0, 0.1) is 0 Å². The van der Waals surface area contributed by atoms with Gasteiger partial charge in [-0.1, -0.05) is 6.07 Å². The van der Waals surface area contributed by atoms with E-state index in [4.69, 9.17) is 4.74 Å². The third kappa shape index (κ3) is 2.33. The van der Waals surface area contributed by atoms with Crippen molar-refractivity contribution in [1.29, 1.82) is 0 Å². The number of aromatic nitrogens is 1. The van der Waals surface area contributed by atoms with Crippen LogP contribution in [0.5, 0.6) is 0 Å². The van der Waals surface area contributed by atoms with Gasteiger partial charge in [-0.15, -0.1) is 0 Å². The quantitative estimate of drug-likeness (QED) is 0.820. The van der Waals surface area contributed by atoms with Gasteiger partial charge in [-0.3, -0.25) is 0 Å². The second-order valence-corrected chi connectivity index (χ2v) is 4.22. The lowest BCUT2D eigenvalue weighted by molar-refractivity contribution is 0.0526. The molecule has 1 fully saturated rings. The minimum absolute atomic E-state index is 0.220. The molecule has 4 heteroatoms. The van der Waals surface area contributed by atoms with Crippen LogP contribution in [0.4, 0.5) is 5.82 Å². The molecule has 1 aromatic rings. The first kappa shape index (κ1) is 11.4. The molecule has 1 aliphatic heterocycles. The van der Waals surface area contributed by atoms with E-state index in [2.05, 4.69) is 16.8 Å². The molecule has 0 spiro atoms. The van der Waals surface area contributed by atoms with Crippen LogP contribution in [0.2, 0.25) is 0 Å². The Morgan fingerprint density at radius 1 is 1.62 bits per heavy atom. The molecule has 2 rings (SSSR count). The average Bonchev–Trinajstić information content (AvgIpc) is 2.29. The van der Waals surface area contributed by atoms with Gasteiger partial charge in [0, 0.05) is 24.8 Å². The highest BCUT2D eigenvalue weighted by Crippen LogP contribution is 2.24. The molecule has 88 valence electrons. The summed E-state index contributed by atoms with van der Waals surface area (Å²) in [5.41, 5.74) is 0.886. The van der Waals surface area contributed by atoms with Gasteiger partial charge in [0.05, 0.1) is 18.8 Å². The van der Waals surface area contributed by atoms with Crippen molar-refractivity contribution in [3.8, 4) is 0 Å². The summed E-state index contributed by atoms with van der Waals surface area (Å²) >= 11 is 0. The van der Waals surface area contributed by atoms with Crippen molar-refractivity contribution in [1.82, 2.24) is 4.98 Å². The fourth-order valence-electron chi connectivity index (χ4n) is 2.01. The number of aliphatic hydroxyl groups excluding tert-OH is 1. The van der Waals surface area contributed by atoms with Crippen molar-refractivity contribution in [2.45, 2.75) is 26.1 Å². The smallest absolute Gasteiger partial charge is 0.134 e. The van der Waals surface area contributed by atoms with Crippen LogP contribution >= 0.6 is 0 Å². The summed E-state index contributed by atoms with van der Waals surface area (Å²) in [6.45, 7) is 6.20. The molecule has 0 bridgehead atoms. The summed E-state index contributed by atoms with van der Waals surface area (Å²) in [5, 5.41) is 9.70. The Morgan fingerprint density at radius 3 is 3.12 bits per heavy atom. The zero-order valence-corrected chi connectivity index (χ0v) is 9.76. The Kier molecular flexibility index (Phi) is 3.41. The molecule has 0 radical (unpaired) electrons. The first-order valence-corrected chi connectivity index (χ1v) is 5.68. The van der Waals surface area contributed by atoms with Crippen molar-refractivity contribution >= 4 is 5.82 Å². The lowest BCUT2D eigenvalue weighted by Crippen LogP contribution is -2.42. The lowest BCUT2D eigenvalue weighted by Gasteiger charge is -2.33. The van der Waals surface area contributed by atoms with E-state index in [-0.39, 0.29) is 6.10 Å². The molecule has 4 nitrogen and oxygen atoms in total. The standard InChI is InChI=1S/C12H18N2O2/c1-9-8-14(6-7-16-9)12-11(10(2)15)4-3-5-13-12/h3-5,9-10,15H,6-8H2,1-2H3. The highest BCUT2D eigenvalue weighted by Gasteiger charge is 2.21. The number of nitrogens with zero attached hydrogens (tertiary/aromatic N) is 2. The SMILES string of the molecule is CC1CN(c2ncccc2C(C)O)CCO1. The van der Waals surface area contributed by atoms with Crippen molar-refractivity contribution in [3.05, 3.63) is 23.9 Å². The van der Waals surface area contributed by atoms with Gasteiger partial charge in [0.2, 0.25) is 0 Å². The molecular formula is C12H18N2O2. The zero-order valence-electron chi connectivity index (χ0n) is 9.76. The number of morpholine rings is 1. The summed E-state index contributed by atoms with van der Waals surface area (Å²) < 4.78 is 5.50. The van der Waals surface area contributed by atoms with E-state index >= 15 is 0 Å². The minimum atomic E-state index is -0.484. The number of anilines is 1. The Morgan fingerprint density at radius 2 is 2.44 bits per heavy atom. The van der Waals surface area contributed by atoms with Crippen LogP contribution < -0.4 is 4.90 Å². The van der Waals surface area contributed by atoms with Gasteiger partial charge in [0.25, 0.3) is 0 Å². The van der Waals surface area contributed by atoms with E-state index < -0.39 is 6.10 Å². The van der Waals surface area contributed by atoms with Crippen molar-refractivity contribution in [3.63, 3.8) is 0 Å². The van der Waals surface area contributed by atoms with Crippen LogP contribution in [-0.4, -0.2) is 35.9 Å². The van der Waals surface area contributed by atoms with Gasteiger partial charge >= 0.3 is 0 Å². The molecule has 16 heavy (non-hydrogen) atoms. The van der Waals surface area contributed by atoms with E-state index in [0.29, 0.717) is 0 Å². The molecule has 0 aromatic carbocycles. The Balaban J connectivity index is 2.25. The van der Waals surface area contributed by atoms with Crippen LogP contribution in [0.15, 0.2) is 18.3 Å². The van der Waals surface area contributed by atoms with Gasteiger partial charge in [-0.05, 0) is 19.9 Å². The van der Waals surface area contributed by atoms with Crippen LogP contribution in [0.1, 0.15) is 25.5 Å². The second kappa shape index (κ2) is 4.80. The largest absolute Gasteiger partial charge is 0.389 e. The summed E-state index contributed by atoms with van der Waals surface area (Å²) in [4.78, 5) is 6.55.